The van der Waals surface area contributed by atoms with Crippen LogP contribution < -0.4 is 15.8 Å². The second kappa shape index (κ2) is 12.8. The number of amides is 2. The molecule has 1 atom stereocenters. The number of carbonyl (C=O) groups excluding carboxylic acids is 2. The molecule has 2 heterocycles. The molecule has 9 heteroatoms. The van der Waals surface area contributed by atoms with Gasteiger partial charge in [-0.1, -0.05) is 30.3 Å². The number of benzene rings is 2. The molecular weight excluding hydrogens is 506 g/mol. The predicted octanol–water partition coefficient (Wildman–Crippen LogP) is 5.51. The summed E-state index contributed by atoms with van der Waals surface area (Å²) in [4.78, 5) is 35.1. The van der Waals surface area contributed by atoms with E-state index < -0.39 is 5.60 Å². The smallest absolute Gasteiger partial charge is 0.410 e. The Kier molecular flexibility index (Phi) is 9.24. The van der Waals surface area contributed by atoms with Gasteiger partial charge in [-0.2, -0.15) is 0 Å². The van der Waals surface area contributed by atoms with E-state index in [1.165, 1.54) is 0 Å². The van der Waals surface area contributed by atoms with Gasteiger partial charge >= 0.3 is 6.09 Å². The van der Waals surface area contributed by atoms with E-state index in [1.54, 1.807) is 11.1 Å². The number of rotatable bonds is 9. The number of likely N-dealkylation sites (tertiary alicyclic amines) is 1. The summed E-state index contributed by atoms with van der Waals surface area (Å²) >= 11 is 0. The Morgan fingerprint density at radius 3 is 2.38 bits per heavy atom. The molecule has 0 radical (unpaired) electrons. The van der Waals surface area contributed by atoms with Crippen LogP contribution in [0.3, 0.4) is 0 Å². The molecule has 1 aliphatic rings. The molecule has 1 unspecified atom stereocenters. The van der Waals surface area contributed by atoms with Crippen LogP contribution in [-0.2, 0) is 16.0 Å². The Balaban J connectivity index is 1.36. The molecule has 0 spiro atoms. The van der Waals surface area contributed by atoms with E-state index in [0.29, 0.717) is 25.5 Å². The SMILES string of the molecule is Cc1cnc(Nc2ccc(OC3CCN(C(=O)OC(C)(C)C)CC3)cc2)nc1C(CC(N)=O)Cc1ccccc1. The third kappa shape index (κ3) is 8.43. The minimum Gasteiger partial charge on any atom is -0.490 e. The minimum atomic E-state index is -0.501. The van der Waals surface area contributed by atoms with Crippen molar-refractivity contribution in [1.29, 1.82) is 0 Å². The summed E-state index contributed by atoms with van der Waals surface area (Å²) in [5, 5.41) is 3.26. The Hall–Kier alpha value is -4.14. The molecule has 0 aliphatic carbocycles. The highest BCUT2D eigenvalue weighted by molar-refractivity contribution is 5.75. The maximum atomic E-state index is 12.3. The third-order valence-electron chi connectivity index (χ3n) is 6.68. The predicted molar refractivity (Wildman–Crippen MR) is 155 cm³/mol. The highest BCUT2D eigenvalue weighted by atomic mass is 16.6. The average molecular weight is 546 g/mol. The average Bonchev–Trinajstić information content (AvgIpc) is 2.90. The number of aromatic nitrogens is 2. The van der Waals surface area contributed by atoms with Crippen molar-refractivity contribution in [3.63, 3.8) is 0 Å². The van der Waals surface area contributed by atoms with Crippen LogP contribution in [0.15, 0.2) is 60.8 Å². The van der Waals surface area contributed by atoms with E-state index in [2.05, 4.69) is 10.3 Å². The van der Waals surface area contributed by atoms with Crippen LogP contribution in [0.1, 0.15) is 62.8 Å². The first-order valence-corrected chi connectivity index (χ1v) is 13.7. The molecule has 9 nitrogen and oxygen atoms in total. The number of primary amides is 1. The monoisotopic (exact) mass is 545 g/mol. The van der Waals surface area contributed by atoms with Crippen LogP contribution in [0.5, 0.6) is 5.75 Å². The van der Waals surface area contributed by atoms with Gasteiger partial charge in [0.15, 0.2) is 0 Å². The minimum absolute atomic E-state index is 0.0345. The van der Waals surface area contributed by atoms with E-state index in [0.717, 1.165) is 41.1 Å². The third-order valence-corrected chi connectivity index (χ3v) is 6.68. The number of nitrogens with zero attached hydrogens (tertiary/aromatic N) is 3. The van der Waals surface area contributed by atoms with E-state index in [9.17, 15) is 9.59 Å². The number of nitrogens with one attached hydrogen (secondary N) is 1. The largest absolute Gasteiger partial charge is 0.490 e. The number of aryl methyl sites for hydroxylation is 1. The van der Waals surface area contributed by atoms with Gasteiger partial charge in [0.2, 0.25) is 11.9 Å². The zero-order valence-electron chi connectivity index (χ0n) is 23.7. The zero-order valence-corrected chi connectivity index (χ0v) is 23.7. The maximum absolute atomic E-state index is 12.3. The Morgan fingerprint density at radius 2 is 1.75 bits per heavy atom. The lowest BCUT2D eigenvalue weighted by Crippen LogP contribution is -2.44. The van der Waals surface area contributed by atoms with Crippen LogP contribution in [-0.4, -0.2) is 51.7 Å². The lowest BCUT2D eigenvalue weighted by Gasteiger charge is -2.33. The topological polar surface area (TPSA) is 120 Å². The number of piperidine rings is 1. The number of anilines is 2. The molecule has 1 aliphatic heterocycles. The summed E-state index contributed by atoms with van der Waals surface area (Å²) in [7, 11) is 0. The van der Waals surface area contributed by atoms with Crippen molar-refractivity contribution in [2.75, 3.05) is 18.4 Å². The lowest BCUT2D eigenvalue weighted by molar-refractivity contribution is -0.118. The van der Waals surface area contributed by atoms with Crippen molar-refractivity contribution in [1.82, 2.24) is 14.9 Å². The second-order valence-electron chi connectivity index (χ2n) is 11.3. The van der Waals surface area contributed by atoms with Gasteiger partial charge in [-0.25, -0.2) is 14.8 Å². The maximum Gasteiger partial charge on any atom is 0.410 e. The zero-order chi connectivity index (χ0) is 28.7. The fourth-order valence-corrected chi connectivity index (χ4v) is 4.76. The van der Waals surface area contributed by atoms with Crippen molar-refractivity contribution in [3.05, 3.63) is 77.6 Å². The molecule has 1 fully saturated rings. The number of carbonyl (C=O) groups is 2. The molecule has 4 rings (SSSR count). The van der Waals surface area contributed by atoms with Gasteiger partial charge in [0.1, 0.15) is 17.5 Å². The van der Waals surface area contributed by atoms with Crippen molar-refractivity contribution >= 4 is 23.6 Å². The quantitative estimate of drug-likeness (QED) is 0.364. The molecule has 212 valence electrons. The molecule has 2 amide bonds. The molecule has 40 heavy (non-hydrogen) atoms. The Morgan fingerprint density at radius 1 is 1.07 bits per heavy atom. The summed E-state index contributed by atoms with van der Waals surface area (Å²) in [5.74, 6) is 0.697. The summed E-state index contributed by atoms with van der Waals surface area (Å²) < 4.78 is 11.6. The van der Waals surface area contributed by atoms with Crippen LogP contribution in [0, 0.1) is 6.92 Å². The van der Waals surface area contributed by atoms with Gasteiger partial charge in [0, 0.05) is 50.2 Å². The summed E-state index contributed by atoms with van der Waals surface area (Å²) in [6.45, 7) is 8.77. The van der Waals surface area contributed by atoms with Crippen molar-refractivity contribution in [2.24, 2.45) is 5.73 Å². The Labute approximate surface area is 236 Å². The molecule has 2 aromatic carbocycles. The summed E-state index contributed by atoms with van der Waals surface area (Å²) in [5.41, 5.74) is 8.73. The van der Waals surface area contributed by atoms with Gasteiger partial charge in [-0.15, -0.1) is 0 Å². The van der Waals surface area contributed by atoms with E-state index in [1.807, 2.05) is 82.3 Å². The van der Waals surface area contributed by atoms with Crippen LogP contribution >= 0.6 is 0 Å². The molecule has 0 bridgehead atoms. The number of hydrogen-bond donors (Lipinski definition) is 2. The highest BCUT2D eigenvalue weighted by Crippen LogP contribution is 2.28. The van der Waals surface area contributed by atoms with Gasteiger partial charge in [-0.05, 0) is 69.5 Å². The van der Waals surface area contributed by atoms with Crippen LogP contribution in [0.2, 0.25) is 0 Å². The first-order chi connectivity index (χ1) is 19.1. The highest BCUT2D eigenvalue weighted by Gasteiger charge is 2.27. The van der Waals surface area contributed by atoms with E-state index in [-0.39, 0.29) is 30.4 Å². The van der Waals surface area contributed by atoms with Gasteiger partial charge in [-0.3, -0.25) is 4.79 Å². The number of nitrogens with two attached hydrogens (primary N) is 1. The van der Waals surface area contributed by atoms with E-state index in [4.69, 9.17) is 20.2 Å². The number of hydrogen-bond acceptors (Lipinski definition) is 7. The first kappa shape index (κ1) is 28.9. The van der Waals surface area contributed by atoms with Crippen LogP contribution in [0.25, 0.3) is 0 Å². The van der Waals surface area contributed by atoms with Crippen LogP contribution in [0.4, 0.5) is 16.4 Å². The normalized spacial score (nSPS) is 14.8. The lowest BCUT2D eigenvalue weighted by atomic mass is 9.90. The van der Waals surface area contributed by atoms with Gasteiger partial charge < -0.3 is 25.4 Å². The molecular formula is C31H39N5O4. The van der Waals surface area contributed by atoms with Crippen molar-refractivity contribution in [3.8, 4) is 5.75 Å². The standard InChI is InChI=1S/C31H39N5O4/c1-21-20-33-29(35-28(21)23(19-27(32)37)18-22-8-6-5-7-9-22)34-24-10-12-25(13-11-24)39-26-14-16-36(17-15-26)30(38)40-31(2,3)4/h5-13,20,23,26H,14-19H2,1-4H3,(H2,32,37)(H,33,34,35). The Bertz CT molecular complexity index is 1280. The summed E-state index contributed by atoms with van der Waals surface area (Å²) in [6.07, 6.45) is 3.88. The molecule has 1 saturated heterocycles. The number of ether oxygens (including phenoxy) is 2. The molecule has 3 N–H and O–H groups in total. The van der Waals surface area contributed by atoms with Crippen molar-refractivity contribution in [2.45, 2.75) is 71.0 Å². The fraction of sp³-hybridized carbons (Fsp3) is 0.419. The summed E-state index contributed by atoms with van der Waals surface area (Å²) in [6, 6.07) is 17.7. The first-order valence-electron chi connectivity index (χ1n) is 13.7. The molecule has 1 aromatic heterocycles. The molecule has 0 saturated carbocycles. The molecule has 3 aromatic rings. The van der Waals surface area contributed by atoms with E-state index >= 15 is 0 Å². The fourth-order valence-electron chi connectivity index (χ4n) is 4.76. The van der Waals surface area contributed by atoms with Gasteiger partial charge in [0.05, 0.1) is 5.69 Å². The van der Waals surface area contributed by atoms with Gasteiger partial charge in [0.25, 0.3) is 0 Å². The second-order valence-corrected chi connectivity index (χ2v) is 11.3. The van der Waals surface area contributed by atoms with Crippen molar-refractivity contribution < 1.29 is 19.1 Å².